The second-order valence-electron chi connectivity index (χ2n) is 6.92. The van der Waals surface area contributed by atoms with Gasteiger partial charge in [0, 0.05) is 18.5 Å². The Morgan fingerprint density at radius 1 is 1.07 bits per heavy atom. The molecular formula is C20H19N3O4S. The minimum absolute atomic E-state index is 0.0501. The summed E-state index contributed by atoms with van der Waals surface area (Å²) >= 11 is 0. The Morgan fingerprint density at radius 2 is 1.71 bits per heavy atom. The van der Waals surface area contributed by atoms with Crippen molar-refractivity contribution >= 4 is 26.5 Å². The highest BCUT2D eigenvalue weighted by Crippen LogP contribution is 2.21. The topological polar surface area (TPSA) is 89.3 Å². The minimum atomic E-state index is -3.13. The molecule has 7 nitrogen and oxygen atoms in total. The second-order valence-corrected chi connectivity index (χ2v) is 9.15. The zero-order valence-corrected chi connectivity index (χ0v) is 16.1. The minimum Gasteiger partial charge on any atom is -0.336 e. The van der Waals surface area contributed by atoms with Crippen LogP contribution in [-0.2, 0) is 9.84 Å². The van der Waals surface area contributed by atoms with Gasteiger partial charge in [-0.15, -0.1) is 0 Å². The van der Waals surface area contributed by atoms with Gasteiger partial charge in [0.25, 0.3) is 11.5 Å². The van der Waals surface area contributed by atoms with Crippen molar-refractivity contribution < 1.29 is 13.2 Å². The van der Waals surface area contributed by atoms with Gasteiger partial charge in [0.05, 0.1) is 22.6 Å². The van der Waals surface area contributed by atoms with Crippen molar-refractivity contribution in [3.8, 4) is 5.69 Å². The first-order valence-corrected chi connectivity index (χ1v) is 10.7. The average molecular weight is 397 g/mol. The van der Waals surface area contributed by atoms with E-state index in [0.29, 0.717) is 22.9 Å². The van der Waals surface area contributed by atoms with Gasteiger partial charge in [-0.3, -0.25) is 9.59 Å². The number of carbonyl (C=O) groups excluding carboxylic acids is 1. The van der Waals surface area contributed by atoms with Gasteiger partial charge in [0.2, 0.25) is 0 Å². The molecular weight excluding hydrogens is 378 g/mol. The molecule has 1 saturated heterocycles. The van der Waals surface area contributed by atoms with E-state index in [1.54, 1.807) is 55.6 Å². The maximum atomic E-state index is 13.2. The maximum absolute atomic E-state index is 13.2. The molecule has 1 aliphatic rings. The lowest BCUT2D eigenvalue weighted by Gasteiger charge is -2.23. The molecule has 0 aliphatic carbocycles. The fourth-order valence-electron chi connectivity index (χ4n) is 3.51. The van der Waals surface area contributed by atoms with Crippen molar-refractivity contribution in [1.29, 1.82) is 0 Å². The van der Waals surface area contributed by atoms with Crippen molar-refractivity contribution in [2.45, 2.75) is 12.5 Å². The summed E-state index contributed by atoms with van der Waals surface area (Å²) in [5.41, 5.74) is 0.369. The summed E-state index contributed by atoms with van der Waals surface area (Å²) in [4.78, 5) is 27.5. The van der Waals surface area contributed by atoms with Gasteiger partial charge < -0.3 is 4.90 Å². The molecule has 1 aliphatic heterocycles. The molecule has 1 fully saturated rings. The Kier molecular flexibility index (Phi) is 4.50. The molecule has 0 unspecified atom stereocenters. The summed E-state index contributed by atoms with van der Waals surface area (Å²) in [5, 5.41) is 5.21. The molecule has 0 spiro atoms. The highest BCUT2D eigenvalue weighted by molar-refractivity contribution is 7.91. The van der Waals surface area contributed by atoms with Crippen LogP contribution in [0, 0.1) is 0 Å². The van der Waals surface area contributed by atoms with Gasteiger partial charge in [-0.05, 0) is 24.6 Å². The highest BCUT2D eigenvalue weighted by atomic mass is 32.2. The van der Waals surface area contributed by atoms with E-state index < -0.39 is 21.8 Å². The standard InChI is InChI=1S/C20H19N3O4S/c1-22(15-11-12-28(26,27)13-15)20(25)18-16-9-5-6-10-17(16)19(24)23(21-18)14-7-3-2-4-8-14/h2-10,15H,11-13H2,1H3/t15-/m1/s1. The Bertz CT molecular complexity index is 1220. The molecule has 1 aromatic heterocycles. The number of nitrogens with zero attached hydrogens (tertiary/aromatic N) is 3. The lowest BCUT2D eigenvalue weighted by molar-refractivity contribution is 0.0742. The molecule has 8 heteroatoms. The zero-order valence-electron chi connectivity index (χ0n) is 15.3. The summed E-state index contributed by atoms with van der Waals surface area (Å²) < 4.78 is 24.8. The third-order valence-electron chi connectivity index (χ3n) is 5.08. The molecule has 2 heterocycles. The summed E-state index contributed by atoms with van der Waals surface area (Å²) in [6.07, 6.45) is 0.404. The fourth-order valence-corrected chi connectivity index (χ4v) is 5.28. The van der Waals surface area contributed by atoms with E-state index in [2.05, 4.69) is 5.10 Å². The van der Waals surface area contributed by atoms with E-state index in [9.17, 15) is 18.0 Å². The number of sulfone groups is 1. The van der Waals surface area contributed by atoms with E-state index in [1.807, 2.05) is 6.07 Å². The molecule has 0 bridgehead atoms. The van der Waals surface area contributed by atoms with Crippen LogP contribution in [0.3, 0.4) is 0 Å². The summed E-state index contributed by atoms with van der Waals surface area (Å²) in [6, 6.07) is 15.3. The Morgan fingerprint density at radius 3 is 2.36 bits per heavy atom. The number of rotatable bonds is 3. The summed E-state index contributed by atoms with van der Waals surface area (Å²) in [5.74, 6) is -0.374. The SMILES string of the molecule is CN(C(=O)c1nn(-c2ccccc2)c(=O)c2ccccc12)[C@@H]1CCS(=O)(=O)C1. The molecule has 3 aromatic rings. The Balaban J connectivity index is 1.85. The van der Waals surface area contributed by atoms with Gasteiger partial charge in [-0.1, -0.05) is 36.4 Å². The molecule has 0 N–H and O–H groups in total. The van der Waals surface area contributed by atoms with Gasteiger partial charge in [0.1, 0.15) is 0 Å². The van der Waals surface area contributed by atoms with Crippen LogP contribution in [0.25, 0.3) is 16.5 Å². The number of amides is 1. The third kappa shape index (κ3) is 3.20. The number of hydrogen-bond acceptors (Lipinski definition) is 5. The van der Waals surface area contributed by atoms with E-state index in [4.69, 9.17) is 0 Å². The van der Waals surface area contributed by atoms with Gasteiger partial charge in [0.15, 0.2) is 15.5 Å². The van der Waals surface area contributed by atoms with Gasteiger partial charge >= 0.3 is 0 Å². The predicted molar refractivity (Wildman–Crippen MR) is 106 cm³/mol. The first-order chi connectivity index (χ1) is 13.4. The normalized spacial score (nSPS) is 18.2. The van der Waals surface area contributed by atoms with Crippen LogP contribution in [0.15, 0.2) is 59.4 Å². The Hall–Kier alpha value is -3.00. The lowest BCUT2D eigenvalue weighted by Crippen LogP contribution is -2.39. The third-order valence-corrected chi connectivity index (χ3v) is 6.84. The van der Waals surface area contributed by atoms with Crippen LogP contribution >= 0.6 is 0 Å². The number of fused-ring (bicyclic) bond motifs is 1. The molecule has 4 rings (SSSR count). The predicted octanol–water partition coefficient (Wildman–Crippen LogP) is 1.64. The fraction of sp³-hybridized carbons (Fsp3) is 0.250. The van der Waals surface area contributed by atoms with Crippen LogP contribution in [0.2, 0.25) is 0 Å². The zero-order chi connectivity index (χ0) is 19.9. The largest absolute Gasteiger partial charge is 0.336 e. The first kappa shape index (κ1) is 18.4. The quantitative estimate of drug-likeness (QED) is 0.670. The maximum Gasteiger partial charge on any atom is 0.279 e. The van der Waals surface area contributed by atoms with Crippen molar-refractivity contribution in [3.63, 3.8) is 0 Å². The van der Waals surface area contributed by atoms with E-state index in [-0.39, 0.29) is 22.8 Å². The molecule has 28 heavy (non-hydrogen) atoms. The second kappa shape index (κ2) is 6.87. The van der Waals surface area contributed by atoms with Crippen molar-refractivity contribution in [3.05, 3.63) is 70.6 Å². The highest BCUT2D eigenvalue weighted by Gasteiger charge is 2.34. The molecule has 1 amide bonds. The molecule has 0 radical (unpaired) electrons. The van der Waals surface area contributed by atoms with E-state index in [0.717, 1.165) is 0 Å². The van der Waals surface area contributed by atoms with E-state index in [1.165, 1.54) is 9.58 Å². The van der Waals surface area contributed by atoms with Crippen molar-refractivity contribution in [1.82, 2.24) is 14.7 Å². The van der Waals surface area contributed by atoms with Crippen molar-refractivity contribution in [2.75, 3.05) is 18.6 Å². The van der Waals surface area contributed by atoms with Crippen LogP contribution in [-0.4, -0.2) is 53.6 Å². The number of hydrogen-bond donors (Lipinski definition) is 0. The van der Waals surface area contributed by atoms with Crippen LogP contribution in [0.4, 0.5) is 0 Å². The van der Waals surface area contributed by atoms with Gasteiger partial charge in [-0.2, -0.15) is 9.78 Å². The first-order valence-electron chi connectivity index (χ1n) is 8.92. The number of para-hydroxylation sites is 1. The molecule has 1 atom stereocenters. The number of aromatic nitrogens is 2. The monoisotopic (exact) mass is 397 g/mol. The van der Waals surface area contributed by atoms with Gasteiger partial charge in [-0.25, -0.2) is 8.42 Å². The summed E-state index contributed by atoms with van der Waals surface area (Å²) in [7, 11) is -1.54. The van der Waals surface area contributed by atoms with Crippen molar-refractivity contribution in [2.24, 2.45) is 0 Å². The summed E-state index contributed by atoms with van der Waals surface area (Å²) in [6.45, 7) is 0. The average Bonchev–Trinajstić information content (AvgIpc) is 3.08. The Labute approximate surface area is 162 Å². The van der Waals surface area contributed by atoms with Crippen LogP contribution in [0.1, 0.15) is 16.9 Å². The van der Waals surface area contributed by atoms with E-state index >= 15 is 0 Å². The number of benzene rings is 2. The van der Waals surface area contributed by atoms with Crippen LogP contribution in [0.5, 0.6) is 0 Å². The molecule has 144 valence electrons. The lowest BCUT2D eigenvalue weighted by atomic mass is 10.1. The smallest absolute Gasteiger partial charge is 0.279 e. The molecule has 0 saturated carbocycles. The van der Waals surface area contributed by atoms with Crippen LogP contribution < -0.4 is 5.56 Å². The molecule has 2 aromatic carbocycles. The number of carbonyl (C=O) groups is 1.